The number of rotatable bonds is 4. The van der Waals surface area contributed by atoms with Gasteiger partial charge in [0.1, 0.15) is 0 Å². The fraction of sp³-hybridized carbons (Fsp3) is 0.692. The number of Topliss-reactive ketones (excluding diaryl/α,β-unsaturated/α-hetero) is 1. The Balaban J connectivity index is 2.02. The second-order valence-corrected chi connectivity index (χ2v) is 6.24. The van der Waals surface area contributed by atoms with Gasteiger partial charge in [-0.05, 0) is 32.9 Å². The summed E-state index contributed by atoms with van der Waals surface area (Å²) in [4.78, 5) is 21.3. The molecule has 1 aromatic heterocycles. The third kappa shape index (κ3) is 2.90. The monoisotopic (exact) mass is 267 g/mol. The summed E-state index contributed by atoms with van der Waals surface area (Å²) in [6, 6.07) is 0. The third-order valence-electron chi connectivity index (χ3n) is 3.45. The van der Waals surface area contributed by atoms with Crippen LogP contribution in [0, 0.1) is 12.8 Å². The number of likely N-dealkylation sites (tertiary alicyclic amines) is 1. The Morgan fingerprint density at radius 2 is 2.33 bits per heavy atom. The van der Waals surface area contributed by atoms with Crippen molar-refractivity contribution >= 4 is 22.3 Å². The van der Waals surface area contributed by atoms with Crippen molar-refractivity contribution in [1.29, 1.82) is 0 Å². The lowest BCUT2D eigenvalue weighted by molar-refractivity contribution is 0.102. The molecule has 0 N–H and O–H groups in total. The normalized spacial score (nSPS) is 20.3. The van der Waals surface area contributed by atoms with Crippen LogP contribution in [-0.2, 0) is 0 Å². The quantitative estimate of drug-likeness (QED) is 0.782. The predicted octanol–water partition coefficient (Wildman–Crippen LogP) is 2.04. The van der Waals surface area contributed by atoms with Crippen molar-refractivity contribution in [2.24, 2.45) is 5.92 Å². The highest BCUT2D eigenvalue weighted by Crippen LogP contribution is 2.27. The Kier molecular flexibility index (Phi) is 4.02. The van der Waals surface area contributed by atoms with Crippen LogP contribution in [0.15, 0.2) is 0 Å². The van der Waals surface area contributed by atoms with Crippen molar-refractivity contribution in [3.63, 3.8) is 0 Å². The fourth-order valence-electron chi connectivity index (χ4n) is 2.51. The Hall–Kier alpha value is -0.940. The van der Waals surface area contributed by atoms with Gasteiger partial charge in [-0.15, -0.1) is 0 Å². The maximum absolute atomic E-state index is 11.4. The zero-order valence-corrected chi connectivity index (χ0v) is 12.4. The largest absolute Gasteiger partial charge is 0.351 e. The van der Waals surface area contributed by atoms with Gasteiger partial charge in [-0.3, -0.25) is 4.79 Å². The average Bonchev–Trinajstić information content (AvgIpc) is 2.85. The Morgan fingerprint density at radius 3 is 2.83 bits per heavy atom. The maximum atomic E-state index is 11.4. The van der Waals surface area contributed by atoms with Crippen molar-refractivity contribution in [3.05, 3.63) is 10.6 Å². The molecule has 0 aromatic carbocycles. The number of aromatic nitrogens is 1. The van der Waals surface area contributed by atoms with Gasteiger partial charge in [0.15, 0.2) is 10.9 Å². The molecule has 1 fully saturated rings. The van der Waals surface area contributed by atoms with Crippen LogP contribution < -0.4 is 4.90 Å². The topological polar surface area (TPSA) is 36.4 Å². The van der Waals surface area contributed by atoms with Crippen molar-refractivity contribution in [2.75, 3.05) is 38.6 Å². The predicted molar refractivity (Wildman–Crippen MR) is 75.7 cm³/mol. The lowest BCUT2D eigenvalue weighted by Crippen LogP contribution is -2.27. The summed E-state index contributed by atoms with van der Waals surface area (Å²) in [5, 5.41) is 0.965. The van der Waals surface area contributed by atoms with Gasteiger partial charge in [0.25, 0.3) is 0 Å². The molecule has 4 nitrogen and oxygen atoms in total. The van der Waals surface area contributed by atoms with Gasteiger partial charge in [-0.1, -0.05) is 11.3 Å². The minimum Gasteiger partial charge on any atom is -0.351 e. The number of carbonyl (C=O) groups excluding carboxylic acids is 1. The zero-order chi connectivity index (χ0) is 13.3. The van der Waals surface area contributed by atoms with E-state index in [0.29, 0.717) is 5.92 Å². The standard InChI is InChI=1S/C13H21N3OS/c1-9-12(10(2)17)18-13(14-9)16(4)8-11-5-6-15(3)7-11/h11H,5-8H2,1-4H3. The van der Waals surface area contributed by atoms with E-state index in [2.05, 4.69) is 28.9 Å². The Bertz CT molecular complexity index is 443. The number of carbonyl (C=O) groups is 1. The highest BCUT2D eigenvalue weighted by molar-refractivity contribution is 7.17. The minimum atomic E-state index is 0.116. The molecule has 0 saturated carbocycles. The van der Waals surface area contributed by atoms with E-state index < -0.39 is 0 Å². The number of hydrogen-bond acceptors (Lipinski definition) is 5. The first kappa shape index (κ1) is 13.5. The zero-order valence-electron chi connectivity index (χ0n) is 11.6. The molecule has 1 saturated heterocycles. The van der Waals surface area contributed by atoms with Crippen molar-refractivity contribution in [3.8, 4) is 0 Å². The molecule has 0 amide bonds. The maximum Gasteiger partial charge on any atom is 0.185 e. The van der Waals surface area contributed by atoms with Gasteiger partial charge < -0.3 is 9.80 Å². The smallest absolute Gasteiger partial charge is 0.185 e. The van der Waals surface area contributed by atoms with E-state index in [1.165, 1.54) is 24.3 Å². The molecule has 100 valence electrons. The molecule has 0 spiro atoms. The van der Waals surface area contributed by atoms with Crippen LogP contribution in [-0.4, -0.2) is 49.4 Å². The summed E-state index contributed by atoms with van der Waals surface area (Å²) in [6.45, 7) is 6.89. The minimum absolute atomic E-state index is 0.116. The van der Waals surface area contributed by atoms with E-state index in [0.717, 1.165) is 28.8 Å². The van der Waals surface area contributed by atoms with Crippen LogP contribution in [0.1, 0.15) is 28.7 Å². The van der Waals surface area contributed by atoms with Crippen LogP contribution in [0.25, 0.3) is 0 Å². The number of aryl methyl sites for hydroxylation is 1. The van der Waals surface area contributed by atoms with Crippen LogP contribution in [0.3, 0.4) is 0 Å². The summed E-state index contributed by atoms with van der Waals surface area (Å²) < 4.78 is 0. The van der Waals surface area contributed by atoms with Gasteiger partial charge in [0, 0.05) is 27.1 Å². The number of nitrogens with zero attached hydrogens (tertiary/aromatic N) is 3. The number of hydrogen-bond donors (Lipinski definition) is 0. The van der Waals surface area contributed by atoms with Crippen LogP contribution in [0.4, 0.5) is 5.13 Å². The lowest BCUT2D eigenvalue weighted by Gasteiger charge is -2.20. The molecule has 1 aromatic rings. The molecule has 2 heterocycles. The molecule has 1 unspecified atom stereocenters. The highest BCUT2D eigenvalue weighted by atomic mass is 32.1. The van der Waals surface area contributed by atoms with Gasteiger partial charge in [-0.25, -0.2) is 4.98 Å². The first-order valence-electron chi connectivity index (χ1n) is 6.35. The Morgan fingerprint density at radius 1 is 1.61 bits per heavy atom. The fourth-order valence-corrected chi connectivity index (χ4v) is 3.45. The average molecular weight is 267 g/mol. The summed E-state index contributed by atoms with van der Waals surface area (Å²) >= 11 is 1.51. The molecular formula is C13H21N3OS. The van der Waals surface area contributed by atoms with Crippen molar-refractivity contribution < 1.29 is 4.79 Å². The molecule has 2 rings (SSSR count). The number of anilines is 1. The molecule has 1 atom stereocenters. The third-order valence-corrected chi connectivity index (χ3v) is 4.83. The van der Waals surface area contributed by atoms with Gasteiger partial charge >= 0.3 is 0 Å². The van der Waals surface area contributed by atoms with E-state index >= 15 is 0 Å². The van der Waals surface area contributed by atoms with E-state index in [9.17, 15) is 4.79 Å². The van der Waals surface area contributed by atoms with Gasteiger partial charge in [-0.2, -0.15) is 0 Å². The highest BCUT2D eigenvalue weighted by Gasteiger charge is 2.22. The van der Waals surface area contributed by atoms with Crippen LogP contribution in [0.5, 0.6) is 0 Å². The SMILES string of the molecule is CC(=O)c1sc(N(C)CC2CCN(C)C2)nc1C. The van der Waals surface area contributed by atoms with Crippen molar-refractivity contribution in [2.45, 2.75) is 20.3 Å². The van der Waals surface area contributed by atoms with E-state index in [1.807, 2.05) is 6.92 Å². The van der Waals surface area contributed by atoms with Crippen molar-refractivity contribution in [1.82, 2.24) is 9.88 Å². The first-order chi connectivity index (χ1) is 8.47. The lowest BCUT2D eigenvalue weighted by atomic mass is 10.1. The van der Waals surface area contributed by atoms with Crippen LogP contribution in [0.2, 0.25) is 0 Å². The van der Waals surface area contributed by atoms with E-state index in [1.54, 1.807) is 6.92 Å². The second-order valence-electron chi connectivity index (χ2n) is 5.26. The molecule has 1 aliphatic rings. The molecule has 18 heavy (non-hydrogen) atoms. The van der Waals surface area contributed by atoms with Gasteiger partial charge in [0.2, 0.25) is 0 Å². The first-order valence-corrected chi connectivity index (χ1v) is 7.17. The Labute approximate surface area is 113 Å². The van der Waals surface area contributed by atoms with E-state index in [-0.39, 0.29) is 5.78 Å². The summed E-state index contributed by atoms with van der Waals surface area (Å²) in [6.07, 6.45) is 1.25. The molecule has 0 bridgehead atoms. The number of ketones is 1. The summed E-state index contributed by atoms with van der Waals surface area (Å²) in [5.41, 5.74) is 0.859. The molecular weight excluding hydrogens is 246 g/mol. The molecule has 0 aliphatic carbocycles. The summed E-state index contributed by atoms with van der Waals surface area (Å²) in [7, 11) is 4.24. The molecule has 5 heteroatoms. The molecule has 0 radical (unpaired) electrons. The van der Waals surface area contributed by atoms with Crippen LogP contribution >= 0.6 is 11.3 Å². The van der Waals surface area contributed by atoms with E-state index in [4.69, 9.17) is 0 Å². The second kappa shape index (κ2) is 5.36. The summed E-state index contributed by atoms with van der Waals surface area (Å²) in [5.74, 6) is 0.829. The number of thiazole rings is 1. The molecule has 1 aliphatic heterocycles. The van der Waals surface area contributed by atoms with Gasteiger partial charge in [0.05, 0.1) is 10.6 Å².